The number of carbonyl (C=O) groups is 2. The number of amides is 1. The van der Waals surface area contributed by atoms with Gasteiger partial charge < -0.3 is 14.8 Å². The van der Waals surface area contributed by atoms with Crippen LogP contribution in [0, 0.1) is 6.92 Å². The molecular weight excluding hydrogens is 436 g/mol. The van der Waals surface area contributed by atoms with Crippen LogP contribution in [0.4, 0.5) is 5.69 Å². The normalized spacial score (nSPS) is 14.9. The van der Waals surface area contributed by atoms with Gasteiger partial charge in [0.25, 0.3) is 5.91 Å². The Morgan fingerprint density at radius 2 is 1.97 bits per heavy atom. The molecular formula is C18H19ClN4O6S. The highest BCUT2D eigenvalue weighted by Crippen LogP contribution is 2.27. The Labute approximate surface area is 178 Å². The summed E-state index contributed by atoms with van der Waals surface area (Å²) in [7, 11) is -3.76. The van der Waals surface area contributed by atoms with Gasteiger partial charge in [-0.25, -0.2) is 18.2 Å². The average molecular weight is 455 g/mol. The van der Waals surface area contributed by atoms with Gasteiger partial charge in [-0.05, 0) is 25.1 Å². The molecule has 1 aromatic carbocycles. The van der Waals surface area contributed by atoms with Crippen molar-refractivity contribution in [3.8, 4) is 0 Å². The first-order chi connectivity index (χ1) is 14.3. The predicted octanol–water partition coefficient (Wildman–Crippen LogP) is 1.25. The molecule has 1 N–H and O–H groups in total. The van der Waals surface area contributed by atoms with Crippen molar-refractivity contribution in [1.29, 1.82) is 0 Å². The van der Waals surface area contributed by atoms with Gasteiger partial charge in [-0.2, -0.15) is 4.31 Å². The number of ether oxygens (including phenoxy) is 2. The molecule has 0 unspecified atom stereocenters. The Bertz CT molecular complexity index is 1040. The van der Waals surface area contributed by atoms with E-state index in [1.165, 1.54) is 34.9 Å². The standard InChI is InChI=1S/C18H19ClN4O6S/c1-12-9-21-16(10-20-12)18(25)29-11-17(24)22-15-8-13(2-3-14(15)19)30(26,27)23-4-6-28-7-5-23/h2-3,8-10H,4-7,11H2,1H3,(H,22,24). The molecule has 0 radical (unpaired) electrons. The molecule has 1 amide bonds. The van der Waals surface area contributed by atoms with Crippen molar-refractivity contribution >= 4 is 39.2 Å². The summed E-state index contributed by atoms with van der Waals surface area (Å²) in [5.41, 5.74) is 0.679. The minimum absolute atomic E-state index is 0.0176. The molecule has 2 heterocycles. The highest BCUT2D eigenvalue weighted by molar-refractivity contribution is 7.89. The summed E-state index contributed by atoms with van der Waals surface area (Å²) in [6, 6.07) is 4.00. The Kier molecular flexibility index (Phi) is 6.98. The number of aromatic nitrogens is 2. The van der Waals surface area contributed by atoms with E-state index in [1.54, 1.807) is 6.92 Å². The minimum atomic E-state index is -3.76. The molecule has 10 nitrogen and oxygen atoms in total. The van der Waals surface area contributed by atoms with Crippen LogP contribution in [0.1, 0.15) is 16.2 Å². The van der Waals surface area contributed by atoms with E-state index in [4.69, 9.17) is 21.1 Å². The second-order valence-corrected chi connectivity index (χ2v) is 8.67. The van der Waals surface area contributed by atoms with E-state index >= 15 is 0 Å². The third-order valence-corrected chi connectivity index (χ3v) is 6.37. The van der Waals surface area contributed by atoms with Crippen LogP contribution in [0.2, 0.25) is 5.02 Å². The van der Waals surface area contributed by atoms with E-state index in [0.717, 1.165) is 0 Å². The fourth-order valence-corrected chi connectivity index (χ4v) is 4.19. The predicted molar refractivity (Wildman–Crippen MR) is 107 cm³/mol. The van der Waals surface area contributed by atoms with E-state index in [0.29, 0.717) is 18.9 Å². The van der Waals surface area contributed by atoms with Crippen molar-refractivity contribution < 1.29 is 27.5 Å². The number of nitrogens with one attached hydrogen (secondary N) is 1. The number of hydrogen-bond donors (Lipinski definition) is 1. The number of aryl methyl sites for hydroxylation is 1. The lowest BCUT2D eigenvalue weighted by Crippen LogP contribution is -2.40. The van der Waals surface area contributed by atoms with Crippen LogP contribution in [-0.4, -0.2) is 67.5 Å². The van der Waals surface area contributed by atoms with Gasteiger partial charge >= 0.3 is 5.97 Å². The second kappa shape index (κ2) is 9.47. The van der Waals surface area contributed by atoms with Crippen LogP contribution in [0.25, 0.3) is 0 Å². The van der Waals surface area contributed by atoms with Gasteiger partial charge in [0, 0.05) is 19.3 Å². The zero-order chi connectivity index (χ0) is 21.7. The van der Waals surface area contributed by atoms with Crippen molar-refractivity contribution in [2.24, 2.45) is 0 Å². The molecule has 0 saturated carbocycles. The maximum atomic E-state index is 12.8. The van der Waals surface area contributed by atoms with Crippen LogP contribution in [0.5, 0.6) is 0 Å². The molecule has 30 heavy (non-hydrogen) atoms. The maximum Gasteiger partial charge on any atom is 0.359 e. The first kappa shape index (κ1) is 22.1. The number of hydrogen-bond acceptors (Lipinski definition) is 8. The largest absolute Gasteiger partial charge is 0.451 e. The lowest BCUT2D eigenvalue weighted by Gasteiger charge is -2.26. The summed E-state index contributed by atoms with van der Waals surface area (Å²) in [5, 5.41) is 2.59. The van der Waals surface area contributed by atoms with Crippen LogP contribution in [0.3, 0.4) is 0 Å². The third kappa shape index (κ3) is 5.30. The maximum absolute atomic E-state index is 12.8. The van der Waals surface area contributed by atoms with E-state index in [1.807, 2.05) is 0 Å². The van der Waals surface area contributed by atoms with Gasteiger partial charge in [0.05, 0.1) is 40.7 Å². The van der Waals surface area contributed by atoms with Crippen molar-refractivity contribution in [3.63, 3.8) is 0 Å². The molecule has 1 aliphatic heterocycles. The number of halogens is 1. The zero-order valence-electron chi connectivity index (χ0n) is 16.0. The fourth-order valence-electron chi connectivity index (χ4n) is 2.59. The smallest absolute Gasteiger partial charge is 0.359 e. The number of rotatable bonds is 6. The van der Waals surface area contributed by atoms with E-state index in [9.17, 15) is 18.0 Å². The Balaban J connectivity index is 1.65. The molecule has 1 saturated heterocycles. The van der Waals surface area contributed by atoms with Gasteiger partial charge in [-0.3, -0.25) is 9.78 Å². The van der Waals surface area contributed by atoms with Crippen LogP contribution in [-0.2, 0) is 24.3 Å². The van der Waals surface area contributed by atoms with Gasteiger partial charge in [-0.1, -0.05) is 11.6 Å². The van der Waals surface area contributed by atoms with Gasteiger partial charge in [-0.15, -0.1) is 0 Å². The quantitative estimate of drug-likeness (QED) is 0.646. The SMILES string of the molecule is Cc1cnc(C(=O)OCC(=O)Nc2cc(S(=O)(=O)N3CCOCC3)ccc2Cl)cn1. The number of carbonyl (C=O) groups excluding carboxylic acids is 2. The van der Waals surface area contributed by atoms with E-state index < -0.39 is 28.5 Å². The van der Waals surface area contributed by atoms with Crippen LogP contribution >= 0.6 is 11.6 Å². The number of esters is 1. The molecule has 0 bridgehead atoms. The topological polar surface area (TPSA) is 128 Å². The van der Waals surface area contributed by atoms with Crippen molar-refractivity contribution in [3.05, 3.63) is 47.0 Å². The van der Waals surface area contributed by atoms with Crippen molar-refractivity contribution in [1.82, 2.24) is 14.3 Å². The molecule has 2 aromatic rings. The fraction of sp³-hybridized carbons (Fsp3) is 0.333. The third-order valence-electron chi connectivity index (χ3n) is 4.14. The van der Waals surface area contributed by atoms with Gasteiger partial charge in [0.1, 0.15) is 0 Å². The summed E-state index contributed by atoms with van der Waals surface area (Å²) in [5.74, 6) is -1.50. The number of anilines is 1. The molecule has 1 aliphatic rings. The van der Waals surface area contributed by atoms with Gasteiger partial charge in [0.2, 0.25) is 10.0 Å². The van der Waals surface area contributed by atoms with Crippen molar-refractivity contribution in [2.75, 3.05) is 38.2 Å². The van der Waals surface area contributed by atoms with E-state index in [2.05, 4.69) is 15.3 Å². The first-order valence-electron chi connectivity index (χ1n) is 8.90. The Morgan fingerprint density at radius 3 is 2.63 bits per heavy atom. The Morgan fingerprint density at radius 1 is 1.23 bits per heavy atom. The van der Waals surface area contributed by atoms with Crippen LogP contribution < -0.4 is 5.32 Å². The molecule has 1 aromatic heterocycles. The van der Waals surface area contributed by atoms with E-state index in [-0.39, 0.29) is 34.4 Å². The summed E-state index contributed by atoms with van der Waals surface area (Å²) >= 11 is 6.08. The monoisotopic (exact) mass is 454 g/mol. The van der Waals surface area contributed by atoms with Crippen molar-refractivity contribution in [2.45, 2.75) is 11.8 Å². The lowest BCUT2D eigenvalue weighted by molar-refractivity contribution is -0.119. The Hall–Kier alpha value is -2.60. The molecule has 1 fully saturated rings. The number of benzene rings is 1. The molecule has 12 heteroatoms. The molecule has 0 aliphatic carbocycles. The summed E-state index contributed by atoms with van der Waals surface area (Å²) < 4.78 is 36.9. The summed E-state index contributed by atoms with van der Waals surface area (Å²) in [6.45, 7) is 2.22. The average Bonchev–Trinajstić information content (AvgIpc) is 2.74. The lowest BCUT2D eigenvalue weighted by atomic mass is 10.3. The summed E-state index contributed by atoms with van der Waals surface area (Å²) in [4.78, 5) is 31.8. The molecule has 0 spiro atoms. The zero-order valence-corrected chi connectivity index (χ0v) is 17.6. The van der Waals surface area contributed by atoms with Crippen LogP contribution in [0.15, 0.2) is 35.5 Å². The molecule has 160 valence electrons. The minimum Gasteiger partial charge on any atom is -0.451 e. The highest BCUT2D eigenvalue weighted by atomic mass is 35.5. The summed E-state index contributed by atoms with van der Waals surface area (Å²) in [6.07, 6.45) is 2.64. The highest BCUT2D eigenvalue weighted by Gasteiger charge is 2.27. The number of morpholine rings is 1. The first-order valence-corrected chi connectivity index (χ1v) is 10.7. The van der Waals surface area contributed by atoms with Gasteiger partial charge in [0.15, 0.2) is 12.3 Å². The number of sulfonamides is 1. The second-order valence-electron chi connectivity index (χ2n) is 6.33. The molecule has 3 rings (SSSR count). The molecule has 0 atom stereocenters. The number of nitrogens with zero attached hydrogens (tertiary/aromatic N) is 3.